The third kappa shape index (κ3) is 6.16. The van der Waals surface area contributed by atoms with Crippen LogP contribution in [0.2, 0.25) is 0 Å². The molecule has 11 aromatic rings. The quantitative estimate of drug-likeness (QED) is 0.170. The zero-order valence-corrected chi connectivity index (χ0v) is 34.1. The standard InChI is InChI=1S/C58H37N5/c59-36-37-31-42(34-43(32-37)63-54-27-12-10-25-51(54)52-26-11-13-28-55(52)63)58-61-56(40-18-14-17-39(33-40)45-20-5-4-19-44(45)38-15-2-1-3-16-38)60-57(62-58)41-29-30-50-48-23-7-6-21-46(48)47-22-8-9-24-49(47)53(50)35-41/h1-35,58H,(H,60,61,62). The lowest BCUT2D eigenvalue weighted by molar-refractivity contribution is 0.673. The van der Waals surface area contributed by atoms with Crippen LogP contribution in [0.1, 0.15) is 28.4 Å². The van der Waals surface area contributed by atoms with E-state index in [0.717, 1.165) is 71.8 Å². The van der Waals surface area contributed by atoms with E-state index >= 15 is 0 Å². The van der Waals surface area contributed by atoms with Crippen molar-refractivity contribution < 1.29 is 0 Å². The van der Waals surface area contributed by atoms with E-state index in [9.17, 15) is 5.26 Å². The van der Waals surface area contributed by atoms with Gasteiger partial charge < -0.3 is 9.88 Å². The van der Waals surface area contributed by atoms with E-state index in [2.05, 4.69) is 210 Å². The Morgan fingerprint density at radius 2 is 0.968 bits per heavy atom. The van der Waals surface area contributed by atoms with E-state index in [-0.39, 0.29) is 0 Å². The molecule has 5 nitrogen and oxygen atoms in total. The van der Waals surface area contributed by atoms with Gasteiger partial charge in [-0.3, -0.25) is 0 Å². The molecule has 0 saturated heterocycles. The Balaban J connectivity index is 1.05. The Morgan fingerprint density at radius 1 is 0.429 bits per heavy atom. The predicted molar refractivity (Wildman–Crippen MR) is 261 cm³/mol. The fourth-order valence-electron chi connectivity index (χ4n) is 9.57. The molecule has 0 amide bonds. The molecule has 5 heteroatoms. The summed E-state index contributed by atoms with van der Waals surface area (Å²) in [6.07, 6.45) is -0.558. The van der Waals surface area contributed by atoms with Crippen LogP contribution >= 0.6 is 0 Å². The highest BCUT2D eigenvalue weighted by Crippen LogP contribution is 2.38. The maximum Gasteiger partial charge on any atom is 0.159 e. The summed E-state index contributed by atoms with van der Waals surface area (Å²) in [6, 6.07) is 76.9. The fraction of sp³-hybridized carbons (Fsp3) is 0.0172. The summed E-state index contributed by atoms with van der Waals surface area (Å²) < 4.78 is 2.25. The highest BCUT2D eigenvalue weighted by Gasteiger charge is 2.24. The van der Waals surface area contributed by atoms with Gasteiger partial charge in [-0.05, 0) is 103 Å². The number of aromatic nitrogens is 1. The number of para-hydroxylation sites is 2. The van der Waals surface area contributed by atoms with Gasteiger partial charge in [-0.15, -0.1) is 0 Å². The first-order chi connectivity index (χ1) is 31.2. The zero-order chi connectivity index (χ0) is 41.9. The maximum absolute atomic E-state index is 10.5. The van der Waals surface area contributed by atoms with Gasteiger partial charge >= 0.3 is 0 Å². The third-order valence-electron chi connectivity index (χ3n) is 12.4. The van der Waals surface area contributed by atoms with Crippen molar-refractivity contribution in [1.82, 2.24) is 9.88 Å². The lowest BCUT2D eigenvalue weighted by atomic mass is 9.93. The second kappa shape index (κ2) is 14.8. The van der Waals surface area contributed by atoms with Gasteiger partial charge in [0.1, 0.15) is 12.0 Å². The average molecular weight is 804 g/mol. The number of nitrogens with one attached hydrogen (secondary N) is 1. The first-order valence-electron chi connectivity index (χ1n) is 21.2. The molecule has 63 heavy (non-hydrogen) atoms. The highest BCUT2D eigenvalue weighted by molar-refractivity contribution is 6.26. The van der Waals surface area contributed by atoms with Crippen molar-refractivity contribution in [3.05, 3.63) is 235 Å². The molecule has 1 aliphatic rings. The lowest BCUT2D eigenvalue weighted by Crippen LogP contribution is -2.33. The molecular formula is C58H37N5. The minimum Gasteiger partial charge on any atom is -0.344 e. The SMILES string of the molecule is N#Cc1cc(C2N=C(c3ccc4c5ccccc5c5ccccc5c4c3)N=C(c3cccc(-c4ccccc4-c4ccccc4)c3)N2)cc(-n2c3ccccc3c3ccccc32)c1. The van der Waals surface area contributed by atoms with Crippen LogP contribution in [0.15, 0.2) is 222 Å². The summed E-state index contributed by atoms with van der Waals surface area (Å²) >= 11 is 0. The van der Waals surface area contributed by atoms with Gasteiger partial charge in [0.25, 0.3) is 0 Å². The second-order valence-electron chi connectivity index (χ2n) is 16.1. The van der Waals surface area contributed by atoms with Crippen LogP contribution in [0.4, 0.5) is 0 Å². The van der Waals surface area contributed by atoms with Gasteiger partial charge in [-0.1, -0.05) is 170 Å². The highest BCUT2D eigenvalue weighted by atomic mass is 15.2. The van der Waals surface area contributed by atoms with Crippen molar-refractivity contribution in [3.63, 3.8) is 0 Å². The smallest absolute Gasteiger partial charge is 0.159 e. The zero-order valence-electron chi connectivity index (χ0n) is 34.1. The van der Waals surface area contributed by atoms with Gasteiger partial charge in [0.15, 0.2) is 5.84 Å². The van der Waals surface area contributed by atoms with Crippen LogP contribution < -0.4 is 5.32 Å². The number of rotatable bonds is 6. The van der Waals surface area contributed by atoms with Crippen molar-refractivity contribution in [2.45, 2.75) is 6.17 Å². The number of fused-ring (bicyclic) bond motifs is 9. The van der Waals surface area contributed by atoms with Gasteiger partial charge in [0.05, 0.1) is 22.7 Å². The predicted octanol–water partition coefficient (Wildman–Crippen LogP) is 13.9. The molecule has 0 bridgehead atoms. The number of nitriles is 1. The topological polar surface area (TPSA) is 65.5 Å². The van der Waals surface area contributed by atoms with Crippen molar-refractivity contribution in [1.29, 1.82) is 5.26 Å². The first kappa shape index (κ1) is 36.3. The number of aliphatic imine (C=N–C) groups is 2. The third-order valence-corrected chi connectivity index (χ3v) is 12.4. The molecule has 1 aliphatic heterocycles. The van der Waals surface area contributed by atoms with Crippen LogP contribution in [0.3, 0.4) is 0 Å². The Labute approximate surface area is 364 Å². The molecule has 0 spiro atoms. The molecule has 1 N–H and O–H groups in total. The fourth-order valence-corrected chi connectivity index (χ4v) is 9.57. The number of benzene rings is 10. The summed E-state index contributed by atoms with van der Waals surface area (Å²) in [5.74, 6) is 1.32. The van der Waals surface area contributed by atoms with E-state index in [1.807, 2.05) is 18.2 Å². The van der Waals surface area contributed by atoms with E-state index in [1.54, 1.807) is 0 Å². The van der Waals surface area contributed by atoms with Crippen molar-refractivity contribution in [2.24, 2.45) is 9.98 Å². The Morgan fingerprint density at radius 3 is 1.63 bits per heavy atom. The minimum atomic E-state index is -0.558. The monoisotopic (exact) mass is 803 g/mol. The van der Waals surface area contributed by atoms with E-state index in [0.29, 0.717) is 17.2 Å². The molecule has 294 valence electrons. The van der Waals surface area contributed by atoms with Crippen molar-refractivity contribution >= 4 is 65.8 Å². The summed E-state index contributed by atoms with van der Waals surface area (Å²) in [5.41, 5.74) is 10.9. The van der Waals surface area contributed by atoms with Crippen molar-refractivity contribution in [2.75, 3.05) is 0 Å². The summed E-state index contributed by atoms with van der Waals surface area (Å²) in [6.45, 7) is 0. The Bertz CT molecular complexity index is 3650. The normalized spacial score (nSPS) is 13.9. The number of hydrogen-bond donors (Lipinski definition) is 1. The summed E-state index contributed by atoms with van der Waals surface area (Å²) in [4.78, 5) is 10.7. The maximum atomic E-state index is 10.5. The van der Waals surface area contributed by atoms with Gasteiger partial charge in [-0.25, -0.2) is 9.98 Å². The van der Waals surface area contributed by atoms with Crippen molar-refractivity contribution in [3.8, 4) is 34.0 Å². The molecule has 10 aromatic carbocycles. The molecule has 0 radical (unpaired) electrons. The van der Waals surface area contributed by atoms with Crippen LogP contribution in [0, 0.1) is 11.3 Å². The molecule has 12 rings (SSSR count). The lowest BCUT2D eigenvalue weighted by Gasteiger charge is -2.25. The molecule has 0 fully saturated rings. The first-order valence-corrected chi connectivity index (χ1v) is 21.2. The largest absolute Gasteiger partial charge is 0.344 e. The van der Waals surface area contributed by atoms with Gasteiger partial charge in [0.2, 0.25) is 0 Å². The van der Waals surface area contributed by atoms with E-state index < -0.39 is 6.17 Å². The van der Waals surface area contributed by atoms with Crippen LogP contribution in [-0.2, 0) is 0 Å². The number of hydrogen-bond acceptors (Lipinski definition) is 4. The number of amidine groups is 2. The van der Waals surface area contributed by atoms with Crippen LogP contribution in [0.25, 0.3) is 82.1 Å². The van der Waals surface area contributed by atoms with Crippen LogP contribution in [0.5, 0.6) is 0 Å². The molecule has 2 heterocycles. The molecular weight excluding hydrogens is 767 g/mol. The average Bonchev–Trinajstić information content (AvgIpc) is 3.71. The molecule has 0 saturated carbocycles. The van der Waals surface area contributed by atoms with E-state index in [1.165, 1.54) is 26.9 Å². The van der Waals surface area contributed by atoms with Gasteiger partial charge in [0, 0.05) is 27.6 Å². The summed E-state index contributed by atoms with van der Waals surface area (Å²) in [7, 11) is 0. The van der Waals surface area contributed by atoms with Gasteiger partial charge in [-0.2, -0.15) is 5.26 Å². The van der Waals surface area contributed by atoms with E-state index in [4.69, 9.17) is 9.98 Å². The van der Waals surface area contributed by atoms with Crippen LogP contribution in [-0.4, -0.2) is 16.2 Å². The number of nitrogens with zero attached hydrogens (tertiary/aromatic N) is 4. The molecule has 1 aromatic heterocycles. The molecule has 1 atom stereocenters. The Hall–Kier alpha value is -8.59. The minimum absolute atomic E-state index is 0.551. The molecule has 0 aliphatic carbocycles. The Kier molecular flexibility index (Phi) is 8.55. The second-order valence-corrected chi connectivity index (χ2v) is 16.1. The summed E-state index contributed by atoms with van der Waals surface area (Å²) in [5, 5.41) is 23.8. The molecule has 1 unspecified atom stereocenters.